The van der Waals surface area contributed by atoms with Gasteiger partial charge in [0.2, 0.25) is 5.88 Å². The molecule has 0 N–H and O–H groups in total. The second-order valence-electron chi connectivity index (χ2n) is 6.73. The molecule has 1 aliphatic rings. The van der Waals surface area contributed by atoms with Gasteiger partial charge in [0.1, 0.15) is 10.6 Å². The van der Waals surface area contributed by atoms with E-state index in [0.717, 1.165) is 4.31 Å². The molecule has 1 unspecified atom stereocenters. The Bertz CT molecular complexity index is 1260. The number of halogens is 1. The van der Waals surface area contributed by atoms with Gasteiger partial charge in [-0.3, -0.25) is 4.79 Å². The van der Waals surface area contributed by atoms with Crippen molar-refractivity contribution in [3.8, 4) is 11.6 Å². The fourth-order valence-corrected chi connectivity index (χ4v) is 5.47. The highest BCUT2D eigenvalue weighted by molar-refractivity contribution is 7.93. The summed E-state index contributed by atoms with van der Waals surface area (Å²) in [5, 5.41) is 0.384. The predicted molar refractivity (Wildman–Crippen MR) is 116 cm³/mol. The third-order valence-corrected chi connectivity index (χ3v) is 6.93. The Morgan fingerprint density at radius 1 is 1.10 bits per heavy atom. The number of aromatic nitrogens is 1. The minimum atomic E-state index is -4.27. The van der Waals surface area contributed by atoms with Crippen LogP contribution in [0.1, 0.15) is 24.0 Å². The first-order valence-corrected chi connectivity index (χ1v) is 11.3. The summed E-state index contributed by atoms with van der Waals surface area (Å²) in [7, 11) is -2.89. The van der Waals surface area contributed by atoms with Crippen LogP contribution in [0.2, 0.25) is 5.02 Å². The highest BCUT2D eigenvalue weighted by Gasteiger charge is 2.46. The van der Waals surface area contributed by atoms with E-state index in [4.69, 9.17) is 21.1 Å². The second-order valence-corrected chi connectivity index (χ2v) is 8.92. The van der Waals surface area contributed by atoms with Crippen molar-refractivity contribution in [2.24, 2.45) is 0 Å². The third kappa shape index (κ3) is 3.51. The van der Waals surface area contributed by atoms with Gasteiger partial charge in [0.15, 0.2) is 0 Å². The number of carbonyl (C=O) groups excluding carboxylic acids is 1. The SMILES string of the molecule is CCOc1ncccc1C1C(=O)N(S(=O)(=O)c2ccccc2OC)c2ccc(Cl)cc21. The van der Waals surface area contributed by atoms with Crippen LogP contribution in [0, 0.1) is 0 Å². The number of fused-ring (bicyclic) bond motifs is 1. The van der Waals surface area contributed by atoms with E-state index >= 15 is 0 Å². The molecule has 7 nitrogen and oxygen atoms in total. The number of carbonyl (C=O) groups is 1. The monoisotopic (exact) mass is 458 g/mol. The van der Waals surface area contributed by atoms with Crippen LogP contribution in [0.3, 0.4) is 0 Å². The summed E-state index contributed by atoms with van der Waals surface area (Å²) in [6.07, 6.45) is 1.55. The van der Waals surface area contributed by atoms with Crippen molar-refractivity contribution < 1.29 is 22.7 Å². The molecule has 0 radical (unpaired) electrons. The number of hydrogen-bond acceptors (Lipinski definition) is 6. The summed E-state index contributed by atoms with van der Waals surface area (Å²) in [6.45, 7) is 2.15. The van der Waals surface area contributed by atoms with Gasteiger partial charge >= 0.3 is 0 Å². The van der Waals surface area contributed by atoms with E-state index in [-0.39, 0.29) is 22.2 Å². The van der Waals surface area contributed by atoms with Crippen molar-refractivity contribution in [2.75, 3.05) is 18.0 Å². The summed E-state index contributed by atoms with van der Waals surface area (Å²) in [4.78, 5) is 17.7. The number of amides is 1. The topological polar surface area (TPSA) is 85.8 Å². The molecule has 0 saturated heterocycles. The van der Waals surface area contributed by atoms with E-state index < -0.39 is 21.8 Å². The highest BCUT2D eigenvalue weighted by Crippen LogP contribution is 2.47. The maximum absolute atomic E-state index is 13.6. The lowest BCUT2D eigenvalue weighted by molar-refractivity contribution is -0.117. The maximum atomic E-state index is 13.6. The fraction of sp³-hybridized carbons (Fsp3) is 0.182. The summed E-state index contributed by atoms with van der Waals surface area (Å²) in [5.74, 6) is -1.16. The Hall–Kier alpha value is -3.10. The maximum Gasteiger partial charge on any atom is 0.274 e. The largest absolute Gasteiger partial charge is 0.495 e. The van der Waals surface area contributed by atoms with Gasteiger partial charge in [0.05, 0.1) is 25.3 Å². The van der Waals surface area contributed by atoms with Crippen LogP contribution in [0.5, 0.6) is 11.6 Å². The van der Waals surface area contributed by atoms with Crippen LogP contribution >= 0.6 is 11.6 Å². The first kappa shape index (κ1) is 21.1. The zero-order chi connectivity index (χ0) is 22.2. The van der Waals surface area contributed by atoms with E-state index in [0.29, 0.717) is 22.8 Å². The number of methoxy groups -OCH3 is 1. The normalized spacial score (nSPS) is 15.6. The molecule has 1 atom stereocenters. The molecule has 0 aliphatic carbocycles. The van der Waals surface area contributed by atoms with Gasteiger partial charge in [-0.15, -0.1) is 0 Å². The Morgan fingerprint density at radius 3 is 2.61 bits per heavy atom. The molecule has 4 rings (SSSR count). The molecule has 31 heavy (non-hydrogen) atoms. The van der Waals surface area contributed by atoms with Gasteiger partial charge in [-0.2, -0.15) is 0 Å². The molecule has 1 aliphatic heterocycles. The second kappa shape index (κ2) is 8.20. The minimum absolute atomic E-state index is 0.108. The first-order chi connectivity index (χ1) is 14.9. The number of para-hydroxylation sites is 1. The third-order valence-electron chi connectivity index (χ3n) is 4.95. The number of anilines is 1. The molecule has 1 aromatic heterocycles. The van der Waals surface area contributed by atoms with Crippen molar-refractivity contribution >= 4 is 33.2 Å². The summed E-state index contributed by atoms with van der Waals surface area (Å²) < 4.78 is 38.8. The van der Waals surface area contributed by atoms with Gasteiger partial charge < -0.3 is 9.47 Å². The molecular weight excluding hydrogens is 440 g/mol. The van der Waals surface area contributed by atoms with Crippen LogP contribution < -0.4 is 13.8 Å². The molecular formula is C22H19ClN2O5S. The molecule has 160 valence electrons. The number of sulfonamides is 1. The average molecular weight is 459 g/mol. The zero-order valence-corrected chi connectivity index (χ0v) is 18.4. The lowest BCUT2D eigenvalue weighted by Crippen LogP contribution is -2.35. The predicted octanol–water partition coefficient (Wildman–Crippen LogP) is 4.01. The molecule has 2 heterocycles. The van der Waals surface area contributed by atoms with Gasteiger partial charge in [-0.25, -0.2) is 17.7 Å². The van der Waals surface area contributed by atoms with Crippen molar-refractivity contribution in [3.63, 3.8) is 0 Å². The summed E-state index contributed by atoms with van der Waals surface area (Å²) in [5.41, 5.74) is 1.16. The Labute approximate surface area is 185 Å². The number of benzene rings is 2. The van der Waals surface area contributed by atoms with E-state index in [1.807, 2.05) is 0 Å². The number of rotatable bonds is 6. The van der Waals surface area contributed by atoms with Gasteiger partial charge in [0, 0.05) is 16.8 Å². The molecule has 1 amide bonds. The zero-order valence-electron chi connectivity index (χ0n) is 16.8. The van der Waals surface area contributed by atoms with Crippen LogP contribution in [0.4, 0.5) is 5.69 Å². The quantitative estimate of drug-likeness (QED) is 0.554. The lowest BCUT2D eigenvalue weighted by Gasteiger charge is -2.20. The number of hydrogen-bond donors (Lipinski definition) is 0. The number of ether oxygens (including phenoxy) is 2. The molecule has 0 spiro atoms. The Morgan fingerprint density at radius 2 is 1.87 bits per heavy atom. The first-order valence-electron chi connectivity index (χ1n) is 9.49. The van der Waals surface area contributed by atoms with E-state index in [9.17, 15) is 13.2 Å². The molecule has 9 heteroatoms. The van der Waals surface area contributed by atoms with Gasteiger partial charge in [0.25, 0.3) is 15.9 Å². The van der Waals surface area contributed by atoms with E-state index in [2.05, 4.69) is 4.98 Å². The highest BCUT2D eigenvalue weighted by atomic mass is 35.5. The fourth-order valence-electron chi connectivity index (χ4n) is 3.67. The molecule has 3 aromatic rings. The molecule has 0 fully saturated rings. The van der Waals surface area contributed by atoms with Gasteiger partial charge in [-0.05, 0) is 48.9 Å². The van der Waals surface area contributed by atoms with Crippen molar-refractivity contribution in [2.45, 2.75) is 17.7 Å². The van der Waals surface area contributed by atoms with Crippen molar-refractivity contribution in [1.29, 1.82) is 0 Å². The minimum Gasteiger partial charge on any atom is -0.495 e. The Kier molecular flexibility index (Phi) is 5.60. The van der Waals surface area contributed by atoms with Gasteiger partial charge in [-0.1, -0.05) is 29.8 Å². The summed E-state index contributed by atoms with van der Waals surface area (Å²) >= 11 is 6.21. The summed E-state index contributed by atoms with van der Waals surface area (Å²) in [6, 6.07) is 14.2. The van der Waals surface area contributed by atoms with E-state index in [1.54, 1.807) is 49.5 Å². The van der Waals surface area contributed by atoms with Crippen molar-refractivity contribution in [3.05, 3.63) is 76.9 Å². The van der Waals surface area contributed by atoms with E-state index in [1.165, 1.54) is 25.3 Å². The van der Waals surface area contributed by atoms with Crippen molar-refractivity contribution in [1.82, 2.24) is 4.98 Å². The average Bonchev–Trinajstić information content (AvgIpc) is 3.06. The standard InChI is InChI=1S/C22H19ClN2O5S/c1-3-30-21-15(7-6-12-24-21)20-16-13-14(23)10-11-17(16)25(22(20)26)31(27,28)19-9-5-4-8-18(19)29-2/h4-13,20H,3H2,1-2H3. The smallest absolute Gasteiger partial charge is 0.274 e. The van der Waals surface area contributed by atoms with Crippen LogP contribution in [-0.2, 0) is 14.8 Å². The van der Waals surface area contributed by atoms with Crippen LogP contribution in [0.25, 0.3) is 0 Å². The van der Waals surface area contributed by atoms with Crippen LogP contribution in [0.15, 0.2) is 65.7 Å². The number of nitrogens with zero attached hydrogens (tertiary/aromatic N) is 2. The lowest BCUT2D eigenvalue weighted by atomic mass is 9.93. The van der Waals surface area contributed by atoms with Crippen LogP contribution in [-0.4, -0.2) is 33.0 Å². The Balaban J connectivity index is 1.93. The molecule has 2 aromatic carbocycles. The molecule has 0 saturated carbocycles. The number of pyridine rings is 1. The molecule has 0 bridgehead atoms.